The standard InChI is InChI=1S/C22H22FN5O2S/c23-16-10-15(24)3-4-18(16)30-19-5-6-25-17-11-20(31-22(17)19)14-12-26-28(13-14)9-8-27-7-1-2-21(27)29/h3-6,10-13,17,25H,1-2,7-9,24H2. The van der Waals surface area contributed by atoms with E-state index in [4.69, 9.17) is 10.5 Å². The SMILES string of the molecule is Nc1ccc(OC2=C3SC(c4cnn(CCN5CCCC5=O)c4)=CC3NC=C2)c(F)c1. The second-order valence-corrected chi connectivity index (χ2v) is 8.69. The summed E-state index contributed by atoms with van der Waals surface area (Å²) in [5.41, 5.74) is 6.98. The Morgan fingerprint density at radius 3 is 3.06 bits per heavy atom. The van der Waals surface area contributed by atoms with Gasteiger partial charge in [0.05, 0.1) is 23.7 Å². The number of benzene rings is 1. The molecule has 4 heterocycles. The number of halogens is 1. The van der Waals surface area contributed by atoms with Crippen molar-refractivity contribution in [1.82, 2.24) is 20.0 Å². The van der Waals surface area contributed by atoms with Gasteiger partial charge in [0.1, 0.15) is 5.76 Å². The molecule has 1 atom stereocenters. The van der Waals surface area contributed by atoms with Gasteiger partial charge in [0.25, 0.3) is 0 Å². The van der Waals surface area contributed by atoms with Crippen molar-refractivity contribution < 1.29 is 13.9 Å². The number of nitrogens with zero attached hydrogens (tertiary/aromatic N) is 3. The van der Waals surface area contributed by atoms with E-state index >= 15 is 0 Å². The maximum absolute atomic E-state index is 14.2. The number of thioether (sulfide) groups is 1. The van der Waals surface area contributed by atoms with Gasteiger partial charge >= 0.3 is 0 Å². The van der Waals surface area contributed by atoms with Crippen LogP contribution in [-0.2, 0) is 11.3 Å². The summed E-state index contributed by atoms with van der Waals surface area (Å²) in [6.45, 7) is 2.18. The van der Waals surface area contributed by atoms with Crippen molar-refractivity contribution in [2.75, 3.05) is 18.8 Å². The van der Waals surface area contributed by atoms with Crippen molar-refractivity contribution in [2.24, 2.45) is 0 Å². The Morgan fingerprint density at radius 1 is 1.35 bits per heavy atom. The quantitative estimate of drug-likeness (QED) is 0.673. The molecule has 9 heteroatoms. The molecule has 1 unspecified atom stereocenters. The zero-order valence-electron chi connectivity index (χ0n) is 16.8. The number of nitrogens with one attached hydrogen (secondary N) is 1. The first kappa shape index (κ1) is 19.7. The van der Waals surface area contributed by atoms with Crippen LogP contribution in [0.4, 0.5) is 10.1 Å². The lowest BCUT2D eigenvalue weighted by Gasteiger charge is -2.19. The fraction of sp³-hybridized carbons (Fsp3) is 0.273. The molecule has 0 spiro atoms. The first-order chi connectivity index (χ1) is 15.1. The number of ether oxygens (including phenoxy) is 1. The summed E-state index contributed by atoms with van der Waals surface area (Å²) in [4.78, 5) is 15.7. The van der Waals surface area contributed by atoms with Crippen molar-refractivity contribution in [3.05, 3.63) is 71.0 Å². The van der Waals surface area contributed by atoms with E-state index < -0.39 is 5.82 Å². The number of nitrogens with two attached hydrogens (primary N) is 1. The number of amides is 1. The molecule has 3 aliphatic rings. The monoisotopic (exact) mass is 439 g/mol. The molecule has 1 aromatic heterocycles. The summed E-state index contributed by atoms with van der Waals surface area (Å²) in [5, 5.41) is 7.74. The number of anilines is 1. The van der Waals surface area contributed by atoms with E-state index in [2.05, 4.69) is 16.5 Å². The zero-order valence-corrected chi connectivity index (χ0v) is 17.6. The van der Waals surface area contributed by atoms with Gasteiger partial charge in [0.2, 0.25) is 5.91 Å². The lowest BCUT2D eigenvalue weighted by atomic mass is 10.1. The summed E-state index contributed by atoms with van der Waals surface area (Å²) >= 11 is 1.58. The molecule has 31 heavy (non-hydrogen) atoms. The van der Waals surface area contributed by atoms with Gasteiger partial charge in [-0.25, -0.2) is 4.39 Å². The first-order valence-electron chi connectivity index (χ1n) is 10.2. The maximum atomic E-state index is 14.2. The largest absolute Gasteiger partial charge is 0.453 e. The Labute approximate surface area is 183 Å². The molecule has 0 aliphatic carbocycles. The molecule has 1 aromatic carbocycles. The predicted octanol–water partition coefficient (Wildman–Crippen LogP) is 3.09. The van der Waals surface area contributed by atoms with Crippen LogP contribution in [0.1, 0.15) is 18.4 Å². The number of hydrogen-bond donors (Lipinski definition) is 2. The van der Waals surface area contributed by atoms with Gasteiger partial charge < -0.3 is 20.7 Å². The average Bonchev–Trinajstić information content (AvgIpc) is 3.48. The normalized spacial score (nSPS) is 20.2. The minimum Gasteiger partial charge on any atom is -0.453 e. The topological polar surface area (TPSA) is 85.4 Å². The van der Waals surface area contributed by atoms with E-state index in [9.17, 15) is 9.18 Å². The maximum Gasteiger partial charge on any atom is 0.222 e. The average molecular weight is 440 g/mol. The van der Waals surface area contributed by atoms with Gasteiger partial charge in [0, 0.05) is 54.1 Å². The lowest BCUT2D eigenvalue weighted by molar-refractivity contribution is -0.127. The lowest BCUT2D eigenvalue weighted by Crippen LogP contribution is -2.28. The van der Waals surface area contributed by atoms with Gasteiger partial charge in [-0.15, -0.1) is 0 Å². The van der Waals surface area contributed by atoms with Crippen molar-refractivity contribution in [3.8, 4) is 5.75 Å². The number of allylic oxidation sites excluding steroid dienone is 1. The van der Waals surface area contributed by atoms with Crippen molar-refractivity contribution in [3.63, 3.8) is 0 Å². The summed E-state index contributed by atoms with van der Waals surface area (Å²) in [6.07, 6.45) is 11.1. The molecule has 1 amide bonds. The minimum absolute atomic E-state index is 0.0394. The Hall–Kier alpha value is -3.20. The van der Waals surface area contributed by atoms with Crippen LogP contribution in [0, 0.1) is 5.82 Å². The Bertz CT molecular complexity index is 1120. The molecule has 0 radical (unpaired) electrons. The zero-order chi connectivity index (χ0) is 21.4. The summed E-state index contributed by atoms with van der Waals surface area (Å²) < 4.78 is 21.9. The molecule has 7 nitrogen and oxygen atoms in total. The number of aromatic nitrogens is 2. The summed E-state index contributed by atoms with van der Waals surface area (Å²) in [7, 11) is 0. The van der Waals surface area contributed by atoms with E-state index in [1.54, 1.807) is 30.1 Å². The number of carbonyl (C=O) groups is 1. The number of likely N-dealkylation sites (tertiary alicyclic amines) is 1. The number of hydrogen-bond acceptors (Lipinski definition) is 6. The fourth-order valence-corrected chi connectivity index (χ4v) is 4.95. The smallest absolute Gasteiger partial charge is 0.222 e. The van der Waals surface area contributed by atoms with Gasteiger partial charge in [-0.2, -0.15) is 5.10 Å². The van der Waals surface area contributed by atoms with E-state index in [-0.39, 0.29) is 17.7 Å². The highest BCUT2D eigenvalue weighted by Gasteiger charge is 2.29. The van der Waals surface area contributed by atoms with Crippen LogP contribution in [0.15, 0.2) is 59.6 Å². The van der Waals surface area contributed by atoms with E-state index in [1.165, 1.54) is 12.1 Å². The van der Waals surface area contributed by atoms with Gasteiger partial charge in [0.15, 0.2) is 11.6 Å². The first-order valence-corrected chi connectivity index (χ1v) is 11.0. The number of nitrogen functional groups attached to an aromatic ring is 1. The molecule has 2 aromatic rings. The third-order valence-electron chi connectivity index (χ3n) is 5.44. The Morgan fingerprint density at radius 2 is 2.26 bits per heavy atom. The van der Waals surface area contributed by atoms with Crippen LogP contribution < -0.4 is 15.8 Å². The van der Waals surface area contributed by atoms with E-state index in [0.29, 0.717) is 31.0 Å². The number of rotatable bonds is 6. The third kappa shape index (κ3) is 4.05. The second-order valence-electron chi connectivity index (χ2n) is 7.61. The number of carbonyl (C=O) groups excluding carboxylic acids is 1. The Balaban J connectivity index is 1.29. The van der Waals surface area contributed by atoms with Crippen molar-refractivity contribution >= 4 is 28.3 Å². The summed E-state index contributed by atoms with van der Waals surface area (Å²) in [6, 6.07) is 4.36. The van der Waals surface area contributed by atoms with Crippen LogP contribution in [-0.4, -0.2) is 39.7 Å². The number of dihydropyridines is 1. The van der Waals surface area contributed by atoms with Crippen LogP contribution in [0.5, 0.6) is 5.75 Å². The highest BCUT2D eigenvalue weighted by Crippen LogP contribution is 2.45. The highest BCUT2D eigenvalue weighted by molar-refractivity contribution is 8.12. The molecule has 3 N–H and O–H groups in total. The van der Waals surface area contributed by atoms with Crippen LogP contribution in [0.2, 0.25) is 0 Å². The molecule has 1 saturated heterocycles. The van der Waals surface area contributed by atoms with Gasteiger partial charge in [-0.3, -0.25) is 9.48 Å². The molecule has 5 rings (SSSR count). The molecule has 0 saturated carbocycles. The van der Waals surface area contributed by atoms with E-state index in [1.807, 2.05) is 22.0 Å². The predicted molar refractivity (Wildman–Crippen MR) is 118 cm³/mol. The third-order valence-corrected chi connectivity index (χ3v) is 6.70. The van der Waals surface area contributed by atoms with Crippen molar-refractivity contribution in [2.45, 2.75) is 25.4 Å². The van der Waals surface area contributed by atoms with Gasteiger partial charge in [-0.1, -0.05) is 11.8 Å². The molecule has 160 valence electrons. The van der Waals surface area contributed by atoms with Crippen molar-refractivity contribution in [1.29, 1.82) is 0 Å². The molecule has 0 bridgehead atoms. The minimum atomic E-state index is -0.495. The Kier molecular flexibility index (Phi) is 5.19. The highest BCUT2D eigenvalue weighted by atomic mass is 32.2. The second kappa shape index (κ2) is 8.14. The fourth-order valence-electron chi connectivity index (χ4n) is 3.81. The molecular weight excluding hydrogens is 417 g/mol. The van der Waals surface area contributed by atoms with Crippen LogP contribution in [0.3, 0.4) is 0 Å². The summed E-state index contributed by atoms with van der Waals surface area (Å²) in [5.74, 6) is 0.468. The molecule has 1 fully saturated rings. The molecular formula is C22H22FN5O2S. The van der Waals surface area contributed by atoms with Gasteiger partial charge in [-0.05, 0) is 30.7 Å². The number of fused-ring (bicyclic) bond motifs is 1. The van der Waals surface area contributed by atoms with E-state index in [0.717, 1.165) is 28.3 Å². The van der Waals surface area contributed by atoms with Crippen LogP contribution in [0.25, 0.3) is 4.91 Å². The molecule has 3 aliphatic heterocycles. The van der Waals surface area contributed by atoms with Crippen LogP contribution >= 0.6 is 11.8 Å².